The van der Waals surface area contributed by atoms with E-state index in [9.17, 15) is 0 Å². The molecular weight excluding hydrogens is 246 g/mol. The minimum absolute atomic E-state index is 0.225. The van der Waals surface area contributed by atoms with Gasteiger partial charge in [-0.1, -0.05) is 6.07 Å². The maximum atomic E-state index is 6.17. The summed E-state index contributed by atoms with van der Waals surface area (Å²) in [5, 5.41) is 5.00. The van der Waals surface area contributed by atoms with Gasteiger partial charge < -0.3 is 16.0 Å². The van der Waals surface area contributed by atoms with Crippen molar-refractivity contribution >= 4 is 28.3 Å². The van der Waals surface area contributed by atoms with Crippen LogP contribution in [0.15, 0.2) is 29.6 Å². The average Bonchev–Trinajstić information content (AvgIpc) is 3.05. The highest BCUT2D eigenvalue weighted by atomic mass is 32.1. The first kappa shape index (κ1) is 11.2. The van der Waals surface area contributed by atoms with Gasteiger partial charge in [0, 0.05) is 11.9 Å². The normalized spacial score (nSPS) is 12.8. The molecule has 0 amide bonds. The molecule has 3 aromatic heterocycles. The molecule has 0 aliphatic heterocycles. The SMILES string of the molecule is CNc1ccc2[nH]c(C(N)c3cccs3)nc2n1. The van der Waals surface area contributed by atoms with Crippen LogP contribution in [0.3, 0.4) is 0 Å². The van der Waals surface area contributed by atoms with Crippen molar-refractivity contribution in [2.45, 2.75) is 6.04 Å². The molecule has 3 rings (SSSR count). The fraction of sp³-hybridized carbons (Fsp3) is 0.167. The summed E-state index contributed by atoms with van der Waals surface area (Å²) in [4.78, 5) is 13.1. The lowest BCUT2D eigenvalue weighted by Gasteiger charge is -2.04. The second-order valence-corrected chi connectivity index (χ2v) is 4.91. The van der Waals surface area contributed by atoms with Crippen LogP contribution in [-0.4, -0.2) is 22.0 Å². The van der Waals surface area contributed by atoms with Gasteiger partial charge in [-0.3, -0.25) is 0 Å². The van der Waals surface area contributed by atoms with Crippen LogP contribution in [0.25, 0.3) is 11.2 Å². The summed E-state index contributed by atoms with van der Waals surface area (Å²) >= 11 is 1.63. The van der Waals surface area contributed by atoms with E-state index in [1.54, 1.807) is 11.3 Å². The summed E-state index contributed by atoms with van der Waals surface area (Å²) in [6.07, 6.45) is 0. The van der Waals surface area contributed by atoms with E-state index in [0.29, 0.717) is 5.65 Å². The number of imidazole rings is 1. The third-order valence-electron chi connectivity index (χ3n) is 2.76. The lowest BCUT2D eigenvalue weighted by Crippen LogP contribution is -2.11. The molecule has 0 aliphatic carbocycles. The van der Waals surface area contributed by atoms with E-state index in [2.05, 4.69) is 20.3 Å². The van der Waals surface area contributed by atoms with Crippen LogP contribution < -0.4 is 11.1 Å². The van der Waals surface area contributed by atoms with Gasteiger partial charge in [-0.15, -0.1) is 11.3 Å². The third kappa shape index (κ3) is 1.85. The molecule has 3 aromatic rings. The minimum atomic E-state index is -0.225. The van der Waals surface area contributed by atoms with Crippen LogP contribution in [0.2, 0.25) is 0 Å². The highest BCUT2D eigenvalue weighted by molar-refractivity contribution is 7.10. The Morgan fingerprint density at radius 2 is 2.22 bits per heavy atom. The molecule has 18 heavy (non-hydrogen) atoms. The maximum Gasteiger partial charge on any atom is 0.179 e. The molecule has 5 nitrogen and oxygen atoms in total. The Bertz CT molecular complexity index is 658. The van der Waals surface area contributed by atoms with Gasteiger partial charge in [0.25, 0.3) is 0 Å². The second kappa shape index (κ2) is 4.40. The fourth-order valence-electron chi connectivity index (χ4n) is 1.80. The van der Waals surface area contributed by atoms with Crippen molar-refractivity contribution in [3.8, 4) is 0 Å². The number of hydrogen-bond donors (Lipinski definition) is 3. The van der Waals surface area contributed by atoms with E-state index in [1.165, 1.54) is 0 Å². The van der Waals surface area contributed by atoms with Crippen molar-refractivity contribution in [3.63, 3.8) is 0 Å². The Morgan fingerprint density at radius 3 is 2.94 bits per heavy atom. The second-order valence-electron chi connectivity index (χ2n) is 3.93. The number of H-pyrrole nitrogens is 1. The summed E-state index contributed by atoms with van der Waals surface area (Å²) in [7, 11) is 1.83. The van der Waals surface area contributed by atoms with E-state index in [-0.39, 0.29) is 6.04 Å². The molecule has 0 saturated heterocycles. The van der Waals surface area contributed by atoms with Crippen molar-refractivity contribution in [2.75, 3.05) is 12.4 Å². The Balaban J connectivity index is 2.03. The number of nitrogens with two attached hydrogens (primary N) is 1. The molecule has 92 valence electrons. The van der Waals surface area contributed by atoms with Crippen LogP contribution in [0.4, 0.5) is 5.82 Å². The molecule has 0 aliphatic rings. The van der Waals surface area contributed by atoms with Crippen molar-refractivity contribution in [1.82, 2.24) is 15.0 Å². The number of pyridine rings is 1. The van der Waals surface area contributed by atoms with Crippen molar-refractivity contribution in [1.29, 1.82) is 0 Å². The predicted octanol–water partition coefficient (Wildman–Crippen LogP) is 2.11. The topological polar surface area (TPSA) is 79.6 Å². The number of rotatable bonds is 3. The van der Waals surface area contributed by atoms with Crippen LogP contribution in [0.5, 0.6) is 0 Å². The molecule has 0 radical (unpaired) electrons. The Kier molecular flexibility index (Phi) is 2.73. The summed E-state index contributed by atoms with van der Waals surface area (Å²) in [6, 6.07) is 7.62. The fourth-order valence-corrected chi connectivity index (χ4v) is 2.53. The number of aromatic nitrogens is 3. The van der Waals surface area contributed by atoms with Crippen molar-refractivity contribution in [2.24, 2.45) is 5.73 Å². The van der Waals surface area contributed by atoms with Gasteiger partial charge >= 0.3 is 0 Å². The lowest BCUT2D eigenvalue weighted by molar-refractivity contribution is 0.821. The minimum Gasteiger partial charge on any atom is -0.373 e. The van der Waals surface area contributed by atoms with E-state index < -0.39 is 0 Å². The summed E-state index contributed by atoms with van der Waals surface area (Å²) < 4.78 is 0. The van der Waals surface area contributed by atoms with Crippen LogP contribution in [0.1, 0.15) is 16.7 Å². The van der Waals surface area contributed by atoms with E-state index in [1.807, 2.05) is 36.7 Å². The zero-order valence-corrected chi connectivity index (χ0v) is 10.7. The molecule has 0 saturated carbocycles. The predicted molar refractivity (Wildman–Crippen MR) is 73.8 cm³/mol. The molecule has 0 spiro atoms. The molecule has 1 atom stereocenters. The zero-order chi connectivity index (χ0) is 12.5. The van der Waals surface area contributed by atoms with Gasteiger partial charge in [-0.2, -0.15) is 0 Å². The lowest BCUT2D eigenvalue weighted by atomic mass is 10.2. The van der Waals surface area contributed by atoms with Gasteiger partial charge in [-0.25, -0.2) is 9.97 Å². The van der Waals surface area contributed by atoms with Gasteiger partial charge in [0.2, 0.25) is 0 Å². The summed E-state index contributed by atoms with van der Waals surface area (Å²) in [5.41, 5.74) is 7.75. The average molecular weight is 259 g/mol. The first-order valence-electron chi connectivity index (χ1n) is 5.61. The van der Waals surface area contributed by atoms with Gasteiger partial charge in [0.1, 0.15) is 11.6 Å². The Labute approximate surface area is 108 Å². The first-order chi connectivity index (χ1) is 8.78. The van der Waals surface area contributed by atoms with Gasteiger partial charge in [-0.05, 0) is 23.6 Å². The largest absolute Gasteiger partial charge is 0.373 e. The van der Waals surface area contributed by atoms with Gasteiger partial charge in [0.05, 0.1) is 11.6 Å². The third-order valence-corrected chi connectivity index (χ3v) is 3.72. The zero-order valence-electron chi connectivity index (χ0n) is 9.84. The Hall–Kier alpha value is -1.92. The quantitative estimate of drug-likeness (QED) is 0.673. The summed E-state index contributed by atoms with van der Waals surface area (Å²) in [5.74, 6) is 1.54. The number of hydrogen-bond acceptors (Lipinski definition) is 5. The number of aromatic amines is 1. The number of nitrogens with one attached hydrogen (secondary N) is 2. The van der Waals surface area contributed by atoms with Crippen molar-refractivity contribution in [3.05, 3.63) is 40.3 Å². The molecule has 0 fully saturated rings. The molecule has 0 bridgehead atoms. The van der Waals surface area contributed by atoms with Crippen LogP contribution in [-0.2, 0) is 0 Å². The maximum absolute atomic E-state index is 6.17. The first-order valence-corrected chi connectivity index (χ1v) is 6.49. The number of nitrogens with zero attached hydrogens (tertiary/aromatic N) is 2. The molecule has 0 aromatic carbocycles. The number of anilines is 1. The van der Waals surface area contributed by atoms with E-state index in [0.717, 1.165) is 22.0 Å². The van der Waals surface area contributed by atoms with Crippen molar-refractivity contribution < 1.29 is 0 Å². The molecule has 3 heterocycles. The molecule has 1 unspecified atom stereocenters. The van der Waals surface area contributed by atoms with E-state index >= 15 is 0 Å². The standard InChI is InChI=1S/C12H13N5S/c1-14-9-5-4-7-11(16-9)17-12(15-7)10(13)8-3-2-6-18-8/h2-6,10H,13H2,1H3,(H2,14,15,16,17). The molecule has 6 heteroatoms. The number of fused-ring (bicyclic) bond motifs is 1. The summed E-state index contributed by atoms with van der Waals surface area (Å²) in [6.45, 7) is 0. The van der Waals surface area contributed by atoms with Crippen LogP contribution >= 0.6 is 11.3 Å². The highest BCUT2D eigenvalue weighted by Gasteiger charge is 2.14. The monoisotopic (exact) mass is 259 g/mol. The van der Waals surface area contributed by atoms with Gasteiger partial charge in [0.15, 0.2) is 5.65 Å². The Morgan fingerprint density at radius 1 is 1.33 bits per heavy atom. The molecular formula is C12H13N5S. The smallest absolute Gasteiger partial charge is 0.179 e. The van der Waals surface area contributed by atoms with Crippen LogP contribution in [0, 0.1) is 0 Å². The molecule has 4 N–H and O–H groups in total. The van der Waals surface area contributed by atoms with E-state index in [4.69, 9.17) is 5.73 Å². The highest BCUT2D eigenvalue weighted by Crippen LogP contribution is 2.23. The number of thiophene rings is 1.